The third-order valence-electron chi connectivity index (χ3n) is 5.72. The molecule has 0 bridgehead atoms. The molecule has 4 heterocycles. The first-order valence-corrected chi connectivity index (χ1v) is 10.5. The van der Waals surface area contributed by atoms with Gasteiger partial charge in [0.15, 0.2) is 0 Å². The molecule has 3 aromatic rings. The third-order valence-corrected chi connectivity index (χ3v) is 6.51. The van der Waals surface area contributed by atoms with Gasteiger partial charge in [-0.3, -0.25) is 9.89 Å². The summed E-state index contributed by atoms with van der Waals surface area (Å²) in [6.45, 7) is 3.90. The number of benzene rings is 1. The van der Waals surface area contributed by atoms with E-state index in [-0.39, 0.29) is 11.9 Å². The summed E-state index contributed by atoms with van der Waals surface area (Å²) < 4.78 is 7.68. The number of aromatic nitrogens is 3. The zero-order valence-electron chi connectivity index (χ0n) is 15.8. The zero-order valence-corrected chi connectivity index (χ0v) is 17.3. The summed E-state index contributed by atoms with van der Waals surface area (Å²) in [5.41, 5.74) is 3.99. The highest BCUT2D eigenvalue weighted by Crippen LogP contribution is 2.42. The number of carbonyl (C=O) groups is 1. The minimum atomic E-state index is 0.0747. The lowest BCUT2D eigenvalue weighted by molar-refractivity contribution is -0.133. The van der Waals surface area contributed by atoms with Crippen LogP contribution in [-0.2, 0) is 22.6 Å². The number of nitrogens with zero attached hydrogens (tertiary/aromatic N) is 3. The van der Waals surface area contributed by atoms with Gasteiger partial charge in [-0.25, -0.2) is 0 Å². The SMILES string of the molecule is O=C(CC1COCCN1)N1CCn2c(c(-c3cn[nH]c3)c3ccc(Cl)c(Cl)c32)C1. The van der Waals surface area contributed by atoms with Gasteiger partial charge in [0.2, 0.25) is 5.91 Å². The molecule has 2 aliphatic heterocycles. The first-order valence-electron chi connectivity index (χ1n) is 9.70. The van der Waals surface area contributed by atoms with Crippen LogP contribution in [0.2, 0.25) is 10.0 Å². The molecule has 0 saturated carbocycles. The van der Waals surface area contributed by atoms with E-state index in [0.717, 1.165) is 34.3 Å². The number of amides is 1. The zero-order chi connectivity index (χ0) is 20.0. The molecule has 7 nitrogen and oxygen atoms in total. The van der Waals surface area contributed by atoms with E-state index in [9.17, 15) is 4.79 Å². The second kappa shape index (κ2) is 7.65. The molecule has 1 unspecified atom stereocenters. The van der Waals surface area contributed by atoms with Crippen molar-refractivity contribution in [3.8, 4) is 11.1 Å². The fourth-order valence-electron chi connectivity index (χ4n) is 4.34. The number of morpholine rings is 1. The van der Waals surface area contributed by atoms with Gasteiger partial charge < -0.3 is 19.5 Å². The average Bonchev–Trinajstić information content (AvgIpc) is 3.36. The summed E-state index contributed by atoms with van der Waals surface area (Å²) in [6, 6.07) is 3.89. The molecule has 29 heavy (non-hydrogen) atoms. The Morgan fingerprint density at radius 2 is 2.21 bits per heavy atom. The van der Waals surface area contributed by atoms with E-state index in [1.54, 1.807) is 6.20 Å². The summed E-state index contributed by atoms with van der Waals surface area (Å²) in [5, 5.41) is 12.4. The van der Waals surface area contributed by atoms with E-state index in [1.807, 2.05) is 23.2 Å². The molecule has 0 aliphatic carbocycles. The van der Waals surface area contributed by atoms with Crippen LogP contribution in [0.1, 0.15) is 12.1 Å². The Hall–Kier alpha value is -2.06. The molecule has 1 saturated heterocycles. The van der Waals surface area contributed by atoms with Crippen molar-refractivity contribution in [2.75, 3.05) is 26.3 Å². The normalized spacial score (nSPS) is 19.5. The lowest BCUT2D eigenvalue weighted by atomic mass is 10.0. The van der Waals surface area contributed by atoms with Gasteiger partial charge >= 0.3 is 0 Å². The van der Waals surface area contributed by atoms with Crippen molar-refractivity contribution in [1.29, 1.82) is 0 Å². The van der Waals surface area contributed by atoms with Gasteiger partial charge in [0, 0.05) is 60.5 Å². The number of carbonyl (C=O) groups excluding carboxylic acids is 1. The van der Waals surface area contributed by atoms with Gasteiger partial charge in [0.1, 0.15) is 0 Å². The highest BCUT2D eigenvalue weighted by Gasteiger charge is 2.30. The van der Waals surface area contributed by atoms with Crippen LogP contribution in [0.3, 0.4) is 0 Å². The van der Waals surface area contributed by atoms with Gasteiger partial charge in [-0.15, -0.1) is 0 Å². The van der Waals surface area contributed by atoms with Crippen molar-refractivity contribution >= 4 is 40.0 Å². The molecule has 9 heteroatoms. The third kappa shape index (κ3) is 3.32. The number of fused-ring (bicyclic) bond motifs is 3. The molecule has 0 radical (unpaired) electrons. The molecule has 5 rings (SSSR count). The number of aromatic amines is 1. The topological polar surface area (TPSA) is 75.2 Å². The van der Waals surface area contributed by atoms with Gasteiger partial charge in [-0.2, -0.15) is 5.10 Å². The smallest absolute Gasteiger partial charge is 0.224 e. The van der Waals surface area contributed by atoms with Crippen LogP contribution >= 0.6 is 23.2 Å². The second-order valence-corrected chi connectivity index (χ2v) is 8.25. The van der Waals surface area contributed by atoms with Gasteiger partial charge in [0.25, 0.3) is 0 Å². The maximum atomic E-state index is 13.0. The summed E-state index contributed by atoms with van der Waals surface area (Å²) in [7, 11) is 0. The Kier molecular flexibility index (Phi) is 4.99. The largest absolute Gasteiger partial charge is 0.378 e. The predicted molar refractivity (Wildman–Crippen MR) is 112 cm³/mol. The number of halogens is 2. The highest BCUT2D eigenvalue weighted by atomic mass is 35.5. The Morgan fingerprint density at radius 3 is 2.97 bits per heavy atom. The minimum Gasteiger partial charge on any atom is -0.378 e. The summed E-state index contributed by atoms with van der Waals surface area (Å²) in [6.07, 6.45) is 4.10. The number of nitrogens with one attached hydrogen (secondary N) is 2. The number of ether oxygens (including phenoxy) is 1. The fraction of sp³-hybridized carbons (Fsp3) is 0.400. The molecule has 152 valence electrons. The lowest BCUT2D eigenvalue weighted by Crippen LogP contribution is -2.46. The molecule has 2 aromatic heterocycles. The van der Waals surface area contributed by atoms with Gasteiger partial charge in [-0.05, 0) is 6.07 Å². The van der Waals surface area contributed by atoms with Crippen LogP contribution < -0.4 is 5.32 Å². The molecule has 0 spiro atoms. The molecule has 1 amide bonds. The van der Waals surface area contributed by atoms with Crippen LogP contribution in [-0.4, -0.2) is 57.9 Å². The first-order chi connectivity index (χ1) is 14.1. The Labute approximate surface area is 177 Å². The Balaban J connectivity index is 1.52. The molecule has 1 atom stereocenters. The standard InChI is InChI=1S/C20H21Cl2N5O2/c21-15-2-1-14-18(12-8-24-25-9-12)16-10-26(4-5-27(16)20(14)19(15)22)17(28)7-13-11-29-6-3-23-13/h1-2,8-9,13,23H,3-7,10-11H2,(H,24,25). The predicted octanol–water partition coefficient (Wildman–Crippen LogP) is 3.06. The summed E-state index contributed by atoms with van der Waals surface area (Å²) in [5.74, 6) is 0.131. The van der Waals surface area contributed by atoms with Crippen LogP contribution in [0.5, 0.6) is 0 Å². The second-order valence-electron chi connectivity index (χ2n) is 7.46. The molecular formula is C20H21Cl2N5O2. The summed E-state index contributed by atoms with van der Waals surface area (Å²) >= 11 is 12.9. The fourth-order valence-corrected chi connectivity index (χ4v) is 4.76. The van der Waals surface area contributed by atoms with Crippen LogP contribution in [0, 0.1) is 0 Å². The van der Waals surface area contributed by atoms with Gasteiger partial charge in [0.05, 0.1) is 41.5 Å². The Bertz CT molecular complexity index is 1060. The molecular weight excluding hydrogens is 413 g/mol. The van der Waals surface area contributed by atoms with E-state index in [4.69, 9.17) is 27.9 Å². The maximum absolute atomic E-state index is 13.0. The van der Waals surface area contributed by atoms with Crippen molar-refractivity contribution < 1.29 is 9.53 Å². The van der Waals surface area contributed by atoms with Crippen molar-refractivity contribution in [2.45, 2.75) is 25.6 Å². The number of H-pyrrole nitrogens is 1. The number of rotatable bonds is 3. The van der Waals surface area contributed by atoms with E-state index in [2.05, 4.69) is 20.1 Å². The quantitative estimate of drug-likeness (QED) is 0.665. The average molecular weight is 434 g/mol. The van der Waals surface area contributed by atoms with Crippen molar-refractivity contribution in [1.82, 2.24) is 25.0 Å². The molecule has 2 N–H and O–H groups in total. The van der Waals surface area contributed by atoms with E-state index >= 15 is 0 Å². The van der Waals surface area contributed by atoms with Crippen LogP contribution in [0.25, 0.3) is 22.0 Å². The van der Waals surface area contributed by atoms with Crippen molar-refractivity contribution in [3.63, 3.8) is 0 Å². The van der Waals surface area contributed by atoms with Crippen LogP contribution in [0.15, 0.2) is 24.5 Å². The Morgan fingerprint density at radius 1 is 1.31 bits per heavy atom. The first kappa shape index (κ1) is 18.9. The van der Waals surface area contributed by atoms with Crippen LogP contribution in [0.4, 0.5) is 0 Å². The molecule has 2 aliphatic rings. The monoisotopic (exact) mass is 433 g/mol. The van der Waals surface area contributed by atoms with Crippen molar-refractivity contribution in [3.05, 3.63) is 40.3 Å². The lowest BCUT2D eigenvalue weighted by Gasteiger charge is -2.32. The van der Waals surface area contributed by atoms with E-state index < -0.39 is 0 Å². The molecule has 1 fully saturated rings. The maximum Gasteiger partial charge on any atom is 0.224 e. The van der Waals surface area contributed by atoms with Crippen molar-refractivity contribution in [2.24, 2.45) is 0 Å². The molecule has 1 aromatic carbocycles. The number of hydrogen-bond donors (Lipinski definition) is 2. The van der Waals surface area contributed by atoms with E-state index in [0.29, 0.717) is 49.3 Å². The van der Waals surface area contributed by atoms with E-state index in [1.165, 1.54) is 0 Å². The summed E-state index contributed by atoms with van der Waals surface area (Å²) in [4.78, 5) is 14.9. The van der Waals surface area contributed by atoms with Gasteiger partial charge in [-0.1, -0.05) is 29.3 Å². The number of hydrogen-bond acceptors (Lipinski definition) is 4. The minimum absolute atomic E-state index is 0.0747. The highest BCUT2D eigenvalue weighted by molar-refractivity contribution is 6.45.